The third-order valence-electron chi connectivity index (χ3n) is 4.31. The zero-order valence-electron chi connectivity index (χ0n) is 13.6. The number of rotatable bonds is 2. The number of halogens is 1. The maximum Gasteiger partial charge on any atom is 0.272 e. The van der Waals surface area contributed by atoms with E-state index in [9.17, 15) is 4.79 Å². The summed E-state index contributed by atoms with van der Waals surface area (Å²) >= 11 is 0. The van der Waals surface area contributed by atoms with Crippen LogP contribution >= 0.6 is 12.4 Å². The normalized spacial score (nSPS) is 21.3. The van der Waals surface area contributed by atoms with E-state index >= 15 is 0 Å². The molecule has 0 aliphatic carbocycles. The molecule has 0 saturated carbocycles. The summed E-state index contributed by atoms with van der Waals surface area (Å²) in [5.41, 5.74) is 7.73. The van der Waals surface area contributed by atoms with Crippen LogP contribution in [0.25, 0.3) is 0 Å². The molecular weight excluding hydrogens is 288 g/mol. The number of nitrogens with zero attached hydrogens (tertiary/aromatic N) is 3. The monoisotopic (exact) mass is 314 g/mol. The van der Waals surface area contributed by atoms with Gasteiger partial charge >= 0.3 is 0 Å². The van der Waals surface area contributed by atoms with Gasteiger partial charge in [-0.3, -0.25) is 9.48 Å². The van der Waals surface area contributed by atoms with Crippen molar-refractivity contribution in [1.29, 1.82) is 0 Å². The molecule has 2 rings (SSSR count). The Morgan fingerprint density at radius 1 is 1.48 bits per heavy atom. The van der Waals surface area contributed by atoms with Gasteiger partial charge in [0, 0.05) is 26.2 Å². The molecule has 5 nitrogen and oxygen atoms in total. The Kier molecular flexibility index (Phi) is 5.45. The highest BCUT2D eigenvalue weighted by molar-refractivity contribution is 5.92. The Bertz CT molecular complexity index is 510. The highest BCUT2D eigenvalue weighted by atomic mass is 35.5. The zero-order valence-corrected chi connectivity index (χ0v) is 14.4. The molecule has 21 heavy (non-hydrogen) atoms. The van der Waals surface area contributed by atoms with E-state index in [-0.39, 0.29) is 29.8 Å². The SMILES string of the molecule is CC(C)c1cc(C(=O)N2CCC(N)C(C)(C)C2)n(C)n1.Cl. The first-order chi connectivity index (χ1) is 9.22. The number of aromatic nitrogens is 2. The lowest BCUT2D eigenvalue weighted by Crippen LogP contribution is -2.54. The summed E-state index contributed by atoms with van der Waals surface area (Å²) < 4.78 is 1.69. The van der Waals surface area contributed by atoms with Crippen molar-refractivity contribution in [2.45, 2.75) is 46.1 Å². The van der Waals surface area contributed by atoms with Crippen molar-refractivity contribution in [1.82, 2.24) is 14.7 Å². The lowest BCUT2D eigenvalue weighted by molar-refractivity contribution is 0.0522. The first kappa shape index (κ1) is 18.0. The molecule has 1 atom stereocenters. The lowest BCUT2D eigenvalue weighted by atomic mass is 9.79. The molecule has 6 heteroatoms. The van der Waals surface area contributed by atoms with E-state index in [0.717, 1.165) is 18.7 Å². The van der Waals surface area contributed by atoms with E-state index < -0.39 is 0 Å². The van der Waals surface area contributed by atoms with Crippen molar-refractivity contribution in [3.8, 4) is 0 Å². The van der Waals surface area contributed by atoms with Gasteiger partial charge in [-0.05, 0) is 23.8 Å². The molecular formula is C15H27ClN4O. The van der Waals surface area contributed by atoms with E-state index in [1.807, 2.05) is 18.0 Å². The second-order valence-electron chi connectivity index (χ2n) is 6.84. The van der Waals surface area contributed by atoms with Gasteiger partial charge in [0.15, 0.2) is 0 Å². The van der Waals surface area contributed by atoms with E-state index in [4.69, 9.17) is 5.73 Å². The number of carbonyl (C=O) groups excluding carboxylic acids is 1. The van der Waals surface area contributed by atoms with Gasteiger partial charge in [-0.15, -0.1) is 12.4 Å². The summed E-state index contributed by atoms with van der Waals surface area (Å²) in [6, 6.07) is 2.07. The maximum absolute atomic E-state index is 12.7. The van der Waals surface area contributed by atoms with Crippen molar-refractivity contribution >= 4 is 18.3 Å². The van der Waals surface area contributed by atoms with Crippen LogP contribution in [0.3, 0.4) is 0 Å². The third-order valence-corrected chi connectivity index (χ3v) is 4.31. The quantitative estimate of drug-likeness (QED) is 0.910. The van der Waals surface area contributed by atoms with Crippen molar-refractivity contribution in [3.63, 3.8) is 0 Å². The number of carbonyl (C=O) groups is 1. The number of hydrogen-bond acceptors (Lipinski definition) is 3. The Balaban J connectivity index is 0.00000220. The highest BCUT2D eigenvalue weighted by Crippen LogP contribution is 2.28. The van der Waals surface area contributed by atoms with Crippen LogP contribution in [0.4, 0.5) is 0 Å². The second kappa shape index (κ2) is 6.36. The number of aryl methyl sites for hydroxylation is 1. The predicted octanol–water partition coefficient (Wildman–Crippen LogP) is 2.16. The average molecular weight is 315 g/mol. The van der Waals surface area contributed by atoms with Gasteiger partial charge in [-0.2, -0.15) is 5.10 Å². The van der Waals surface area contributed by atoms with E-state index in [2.05, 4.69) is 32.8 Å². The molecule has 0 bridgehead atoms. The number of piperidine rings is 1. The number of likely N-dealkylation sites (tertiary alicyclic amines) is 1. The minimum absolute atomic E-state index is 0. The minimum atomic E-state index is -0.0343. The highest BCUT2D eigenvalue weighted by Gasteiger charge is 2.36. The Morgan fingerprint density at radius 2 is 2.10 bits per heavy atom. The number of nitrogens with two attached hydrogens (primary N) is 1. The van der Waals surface area contributed by atoms with Crippen LogP contribution < -0.4 is 5.73 Å². The lowest BCUT2D eigenvalue weighted by Gasteiger charge is -2.42. The van der Waals surface area contributed by atoms with Crippen LogP contribution in [0.15, 0.2) is 6.07 Å². The predicted molar refractivity (Wildman–Crippen MR) is 86.8 cm³/mol. The number of amides is 1. The van der Waals surface area contributed by atoms with Gasteiger partial charge in [0.05, 0.1) is 5.69 Å². The molecule has 1 aromatic rings. The first-order valence-electron chi connectivity index (χ1n) is 7.31. The van der Waals surface area contributed by atoms with Gasteiger partial charge in [0.2, 0.25) is 0 Å². The zero-order chi connectivity index (χ0) is 15.1. The van der Waals surface area contributed by atoms with Crippen LogP contribution in [0.2, 0.25) is 0 Å². The molecule has 1 aliphatic heterocycles. The molecule has 120 valence electrons. The number of hydrogen-bond donors (Lipinski definition) is 1. The second-order valence-corrected chi connectivity index (χ2v) is 6.84. The molecule has 1 fully saturated rings. The Labute approximate surface area is 133 Å². The van der Waals surface area contributed by atoms with Crippen LogP contribution in [0.5, 0.6) is 0 Å². The molecule has 1 aliphatic rings. The molecule has 2 N–H and O–H groups in total. The molecule has 0 aromatic carbocycles. The maximum atomic E-state index is 12.7. The van der Waals surface area contributed by atoms with Crippen LogP contribution in [0, 0.1) is 5.41 Å². The summed E-state index contributed by atoms with van der Waals surface area (Å²) in [5, 5.41) is 4.42. The summed E-state index contributed by atoms with van der Waals surface area (Å²) in [6.45, 7) is 9.85. The summed E-state index contributed by atoms with van der Waals surface area (Å²) in [4.78, 5) is 14.6. The van der Waals surface area contributed by atoms with Crippen molar-refractivity contribution in [2.24, 2.45) is 18.2 Å². The molecule has 2 heterocycles. The molecule has 1 unspecified atom stereocenters. The molecule has 0 radical (unpaired) electrons. The van der Waals surface area contributed by atoms with E-state index in [1.54, 1.807) is 4.68 Å². The Morgan fingerprint density at radius 3 is 2.57 bits per heavy atom. The van der Waals surface area contributed by atoms with Crippen molar-refractivity contribution in [3.05, 3.63) is 17.5 Å². The van der Waals surface area contributed by atoms with Gasteiger partial charge in [0.1, 0.15) is 5.69 Å². The van der Waals surface area contributed by atoms with Crippen molar-refractivity contribution < 1.29 is 4.79 Å². The van der Waals surface area contributed by atoms with Crippen molar-refractivity contribution in [2.75, 3.05) is 13.1 Å². The fraction of sp³-hybridized carbons (Fsp3) is 0.733. The van der Waals surface area contributed by atoms with E-state index in [0.29, 0.717) is 18.2 Å². The van der Waals surface area contributed by atoms with Gasteiger partial charge in [-0.25, -0.2) is 0 Å². The fourth-order valence-corrected chi connectivity index (χ4v) is 2.68. The summed E-state index contributed by atoms with van der Waals surface area (Å²) in [7, 11) is 1.83. The minimum Gasteiger partial charge on any atom is -0.337 e. The third kappa shape index (κ3) is 3.58. The molecule has 1 amide bonds. The van der Waals surface area contributed by atoms with E-state index in [1.165, 1.54) is 0 Å². The Hall–Kier alpha value is -1.07. The van der Waals surface area contributed by atoms with Gasteiger partial charge < -0.3 is 10.6 Å². The van der Waals surface area contributed by atoms with Crippen LogP contribution in [0.1, 0.15) is 56.2 Å². The van der Waals surface area contributed by atoms with Gasteiger partial charge in [-0.1, -0.05) is 27.7 Å². The largest absolute Gasteiger partial charge is 0.337 e. The smallest absolute Gasteiger partial charge is 0.272 e. The van der Waals surface area contributed by atoms with Crippen LogP contribution in [-0.4, -0.2) is 39.7 Å². The fourth-order valence-electron chi connectivity index (χ4n) is 2.68. The average Bonchev–Trinajstić information content (AvgIpc) is 2.74. The van der Waals surface area contributed by atoms with Crippen LogP contribution in [-0.2, 0) is 7.05 Å². The topological polar surface area (TPSA) is 64.2 Å². The first-order valence-corrected chi connectivity index (χ1v) is 7.31. The standard InChI is InChI=1S/C15H26N4O.ClH/c1-10(2)11-8-12(18(5)17-11)14(20)19-7-6-13(16)15(3,4)9-19;/h8,10,13H,6-7,9,16H2,1-5H3;1H. The molecule has 1 saturated heterocycles. The molecule has 1 aromatic heterocycles. The summed E-state index contributed by atoms with van der Waals surface area (Å²) in [6.07, 6.45) is 0.855. The van der Waals surface area contributed by atoms with Gasteiger partial charge in [0.25, 0.3) is 5.91 Å². The molecule has 0 spiro atoms. The summed E-state index contributed by atoms with van der Waals surface area (Å²) in [5.74, 6) is 0.390.